The molecule has 0 aliphatic carbocycles. The Kier molecular flexibility index (Phi) is 2.45. The Morgan fingerprint density at radius 2 is 1.93 bits per heavy atom. The highest BCUT2D eigenvalue weighted by atomic mass is 19.1. The molecule has 0 bridgehead atoms. The first-order valence-corrected chi connectivity index (χ1v) is 4.19. The summed E-state index contributed by atoms with van der Waals surface area (Å²) >= 11 is 0. The van der Waals surface area contributed by atoms with Crippen LogP contribution in [0.25, 0.3) is 0 Å². The van der Waals surface area contributed by atoms with Crippen LogP contribution in [0.3, 0.4) is 0 Å². The average molecular weight is 203 g/mol. The van der Waals surface area contributed by atoms with Gasteiger partial charge in [0.1, 0.15) is 17.2 Å². The van der Waals surface area contributed by atoms with Gasteiger partial charge in [0, 0.05) is 12.4 Å². The number of pyridine rings is 1. The smallest absolute Gasteiger partial charge is 0.231 e. The number of carbonyl (C=O) groups excluding carboxylic acids is 1. The molecule has 15 heavy (non-hydrogen) atoms. The highest BCUT2D eigenvalue weighted by molar-refractivity contribution is 6.06. The van der Waals surface area contributed by atoms with Crippen LogP contribution in [-0.4, -0.2) is 20.7 Å². The number of hydrogen-bond donors (Lipinski definition) is 0. The topological polar surface area (TPSA) is 55.7 Å². The molecule has 0 fully saturated rings. The molecule has 4 nitrogen and oxygen atoms in total. The molecule has 0 unspecified atom stereocenters. The highest BCUT2D eigenvalue weighted by Gasteiger charge is 2.11. The summed E-state index contributed by atoms with van der Waals surface area (Å²) < 4.78 is 12.6. The summed E-state index contributed by atoms with van der Waals surface area (Å²) in [5, 5.41) is 0. The molecule has 0 saturated carbocycles. The van der Waals surface area contributed by atoms with Crippen molar-refractivity contribution in [2.75, 3.05) is 0 Å². The summed E-state index contributed by atoms with van der Waals surface area (Å²) in [7, 11) is 0. The first-order chi connectivity index (χ1) is 7.27. The number of aromatic nitrogens is 3. The van der Waals surface area contributed by atoms with Gasteiger partial charge in [-0.3, -0.25) is 9.78 Å². The van der Waals surface area contributed by atoms with E-state index in [-0.39, 0.29) is 17.2 Å². The van der Waals surface area contributed by atoms with Gasteiger partial charge in [0.15, 0.2) is 0 Å². The van der Waals surface area contributed by atoms with Gasteiger partial charge in [-0.2, -0.15) is 0 Å². The van der Waals surface area contributed by atoms with Gasteiger partial charge in [-0.1, -0.05) is 0 Å². The second kappa shape index (κ2) is 3.91. The maximum Gasteiger partial charge on any atom is 0.231 e. The zero-order valence-electron chi connectivity index (χ0n) is 7.59. The summed E-state index contributed by atoms with van der Waals surface area (Å²) in [6.07, 6.45) is 5.21. The van der Waals surface area contributed by atoms with E-state index in [4.69, 9.17) is 0 Å². The fourth-order valence-electron chi connectivity index (χ4n) is 1.06. The number of hydrogen-bond acceptors (Lipinski definition) is 4. The summed E-state index contributed by atoms with van der Waals surface area (Å²) in [5.74, 6) is -0.853. The minimum Gasteiger partial charge on any atom is -0.285 e. The molecule has 2 aromatic rings. The van der Waals surface area contributed by atoms with E-state index >= 15 is 0 Å². The first-order valence-electron chi connectivity index (χ1n) is 4.19. The fourth-order valence-corrected chi connectivity index (χ4v) is 1.06. The van der Waals surface area contributed by atoms with Crippen molar-refractivity contribution < 1.29 is 9.18 Å². The molecule has 0 aliphatic rings. The number of ketones is 1. The first kappa shape index (κ1) is 9.39. The van der Waals surface area contributed by atoms with Crippen LogP contribution in [-0.2, 0) is 0 Å². The molecule has 0 atom stereocenters. The summed E-state index contributed by atoms with van der Waals surface area (Å²) in [6, 6.07) is 2.49. The van der Waals surface area contributed by atoms with Crippen molar-refractivity contribution in [1.82, 2.24) is 15.0 Å². The maximum atomic E-state index is 12.6. The van der Waals surface area contributed by atoms with Crippen molar-refractivity contribution in [3.63, 3.8) is 0 Å². The number of halogens is 1. The van der Waals surface area contributed by atoms with Gasteiger partial charge in [-0.25, -0.2) is 14.4 Å². The zero-order valence-corrected chi connectivity index (χ0v) is 7.59. The lowest BCUT2D eigenvalue weighted by atomic mass is 10.2. The van der Waals surface area contributed by atoms with E-state index in [9.17, 15) is 9.18 Å². The van der Waals surface area contributed by atoms with Crippen LogP contribution in [0.15, 0.2) is 36.9 Å². The van der Waals surface area contributed by atoms with E-state index in [1.54, 1.807) is 0 Å². The van der Waals surface area contributed by atoms with Crippen LogP contribution >= 0.6 is 0 Å². The summed E-state index contributed by atoms with van der Waals surface area (Å²) in [6.45, 7) is 0. The van der Waals surface area contributed by atoms with Gasteiger partial charge < -0.3 is 0 Å². The molecule has 2 rings (SSSR count). The SMILES string of the molecule is O=C(c1ccc(F)cn1)c1cnccn1. The quantitative estimate of drug-likeness (QED) is 0.689. The van der Waals surface area contributed by atoms with Crippen molar-refractivity contribution in [3.05, 3.63) is 54.1 Å². The van der Waals surface area contributed by atoms with Gasteiger partial charge in [-0.15, -0.1) is 0 Å². The Morgan fingerprint density at radius 3 is 2.53 bits per heavy atom. The lowest BCUT2D eigenvalue weighted by Crippen LogP contribution is -2.06. The van der Waals surface area contributed by atoms with Crippen LogP contribution in [0, 0.1) is 5.82 Å². The van der Waals surface area contributed by atoms with Crippen LogP contribution in [0.5, 0.6) is 0 Å². The minimum absolute atomic E-state index is 0.150. The Balaban J connectivity index is 2.33. The molecule has 0 aliphatic heterocycles. The predicted molar refractivity (Wildman–Crippen MR) is 49.7 cm³/mol. The molecule has 2 heterocycles. The monoisotopic (exact) mass is 203 g/mol. The van der Waals surface area contributed by atoms with E-state index in [2.05, 4.69) is 15.0 Å². The van der Waals surface area contributed by atoms with Crippen molar-refractivity contribution in [3.8, 4) is 0 Å². The van der Waals surface area contributed by atoms with Gasteiger partial charge in [0.2, 0.25) is 5.78 Å². The van der Waals surface area contributed by atoms with Crippen molar-refractivity contribution in [2.45, 2.75) is 0 Å². The number of carbonyl (C=O) groups is 1. The molecule has 0 aromatic carbocycles. The second-order valence-corrected chi connectivity index (χ2v) is 2.78. The van der Waals surface area contributed by atoms with Crippen LogP contribution in [0.1, 0.15) is 16.2 Å². The van der Waals surface area contributed by atoms with E-state index in [1.165, 1.54) is 30.7 Å². The van der Waals surface area contributed by atoms with Gasteiger partial charge >= 0.3 is 0 Å². The summed E-state index contributed by atoms with van der Waals surface area (Å²) in [5.41, 5.74) is 0.341. The Hall–Kier alpha value is -2.17. The highest BCUT2D eigenvalue weighted by Crippen LogP contribution is 2.04. The lowest BCUT2D eigenvalue weighted by Gasteiger charge is -1.97. The van der Waals surface area contributed by atoms with Crippen LogP contribution < -0.4 is 0 Å². The molecule has 0 N–H and O–H groups in total. The van der Waals surface area contributed by atoms with E-state index in [1.807, 2.05) is 0 Å². The summed E-state index contributed by atoms with van der Waals surface area (Å²) in [4.78, 5) is 22.9. The molecule has 74 valence electrons. The molecular formula is C10H6FN3O. The van der Waals surface area contributed by atoms with E-state index in [0.717, 1.165) is 6.20 Å². The Labute approximate surface area is 84.8 Å². The van der Waals surface area contributed by atoms with Crippen molar-refractivity contribution in [1.29, 1.82) is 0 Å². The molecular weight excluding hydrogens is 197 g/mol. The standard InChI is InChI=1S/C10H6FN3O/c11-7-1-2-8(14-5-7)10(15)9-6-12-3-4-13-9/h1-6H. The van der Waals surface area contributed by atoms with Crippen molar-refractivity contribution in [2.24, 2.45) is 0 Å². The molecule has 5 heteroatoms. The zero-order chi connectivity index (χ0) is 10.7. The third-order valence-electron chi connectivity index (χ3n) is 1.76. The average Bonchev–Trinajstić information content (AvgIpc) is 2.30. The van der Waals surface area contributed by atoms with Gasteiger partial charge in [-0.05, 0) is 12.1 Å². The number of nitrogens with zero attached hydrogens (tertiary/aromatic N) is 3. The minimum atomic E-state index is -0.481. The van der Waals surface area contributed by atoms with Crippen LogP contribution in [0.4, 0.5) is 4.39 Å². The third-order valence-corrected chi connectivity index (χ3v) is 1.76. The normalized spacial score (nSPS) is 9.93. The molecule has 0 amide bonds. The molecule has 2 aromatic heterocycles. The van der Waals surface area contributed by atoms with E-state index < -0.39 is 5.82 Å². The van der Waals surface area contributed by atoms with Crippen LogP contribution in [0.2, 0.25) is 0 Å². The maximum absolute atomic E-state index is 12.6. The van der Waals surface area contributed by atoms with E-state index in [0.29, 0.717) is 0 Å². The van der Waals surface area contributed by atoms with Crippen molar-refractivity contribution >= 4 is 5.78 Å². The Morgan fingerprint density at radius 1 is 1.07 bits per heavy atom. The van der Waals surface area contributed by atoms with Gasteiger partial charge in [0.05, 0.1) is 12.4 Å². The Bertz CT molecular complexity index is 470. The third kappa shape index (κ3) is 2.01. The lowest BCUT2D eigenvalue weighted by molar-refractivity contribution is 0.102. The molecule has 0 spiro atoms. The predicted octanol–water partition coefficient (Wildman–Crippen LogP) is 1.24. The molecule has 0 saturated heterocycles. The largest absolute Gasteiger partial charge is 0.285 e. The second-order valence-electron chi connectivity index (χ2n) is 2.78. The fraction of sp³-hybridized carbons (Fsp3) is 0. The molecule has 0 radical (unpaired) electrons. The number of rotatable bonds is 2. The van der Waals surface area contributed by atoms with Gasteiger partial charge in [0.25, 0.3) is 0 Å².